The molecular weight excluding hydrogens is 278 g/mol. The lowest BCUT2D eigenvalue weighted by Crippen LogP contribution is -2.25. The summed E-state index contributed by atoms with van der Waals surface area (Å²) in [4.78, 5) is 0. The number of sulfone groups is 1. The van der Waals surface area contributed by atoms with Crippen LogP contribution in [0.2, 0.25) is 0 Å². The Bertz CT molecular complexity index is 211. The van der Waals surface area contributed by atoms with Crippen molar-refractivity contribution >= 4 is 56.2 Å². The fraction of sp³-hybridized carbons (Fsp3) is 1.00. The summed E-state index contributed by atoms with van der Waals surface area (Å²) in [6, 6.07) is 0. The fourth-order valence-electron chi connectivity index (χ4n) is 0.660. The van der Waals surface area contributed by atoms with Gasteiger partial charge >= 0.3 is 0 Å². The summed E-state index contributed by atoms with van der Waals surface area (Å²) in [6.07, 6.45) is 0.383. The van der Waals surface area contributed by atoms with Gasteiger partial charge in [0, 0.05) is 11.8 Å². The molecular formula is C6H10Cl4O2S. The van der Waals surface area contributed by atoms with Crippen LogP contribution in [0, 0.1) is 0 Å². The van der Waals surface area contributed by atoms with Crippen LogP contribution < -0.4 is 0 Å². The Morgan fingerprint density at radius 3 is 1.46 bits per heavy atom. The van der Waals surface area contributed by atoms with Crippen LogP contribution in [0.3, 0.4) is 0 Å². The maximum atomic E-state index is 11.4. The number of halogens is 4. The average Bonchev–Trinajstić information content (AvgIpc) is 2.05. The second-order valence-corrected chi connectivity index (χ2v) is 7.01. The fourth-order valence-corrected chi connectivity index (χ4v) is 3.91. The molecule has 0 spiro atoms. The minimum absolute atomic E-state index is 0.191. The standard InChI is InChI=1S/C6H10Cl4O2S/c7-3-1-5(9)13(11,12)6(10)2-4-8/h5-6H,1-4H2. The molecule has 0 radical (unpaired) electrons. The summed E-state index contributed by atoms with van der Waals surface area (Å²) in [7, 11) is -3.50. The van der Waals surface area contributed by atoms with Crippen molar-refractivity contribution < 1.29 is 8.42 Å². The SMILES string of the molecule is O=S(=O)(C(Cl)CCCl)C(Cl)CCCl. The van der Waals surface area contributed by atoms with Gasteiger partial charge in [-0.1, -0.05) is 0 Å². The topological polar surface area (TPSA) is 34.1 Å². The van der Waals surface area contributed by atoms with Gasteiger partial charge in [0.25, 0.3) is 0 Å². The highest BCUT2D eigenvalue weighted by Crippen LogP contribution is 2.22. The summed E-state index contributed by atoms with van der Waals surface area (Å²) in [5.74, 6) is 0.385. The predicted octanol–water partition coefficient (Wildman–Crippen LogP) is 2.79. The Morgan fingerprint density at radius 2 is 1.23 bits per heavy atom. The van der Waals surface area contributed by atoms with Crippen molar-refractivity contribution in [2.45, 2.75) is 22.3 Å². The van der Waals surface area contributed by atoms with Crippen molar-refractivity contribution in [2.24, 2.45) is 0 Å². The van der Waals surface area contributed by atoms with Crippen LogP contribution in [-0.2, 0) is 9.84 Å². The zero-order chi connectivity index (χ0) is 10.5. The molecule has 0 bridgehead atoms. The van der Waals surface area contributed by atoms with Crippen molar-refractivity contribution in [1.82, 2.24) is 0 Å². The van der Waals surface area contributed by atoms with Crippen LogP contribution in [0.15, 0.2) is 0 Å². The molecule has 0 aliphatic carbocycles. The van der Waals surface area contributed by atoms with Gasteiger partial charge in [-0.3, -0.25) is 0 Å². The zero-order valence-corrected chi connectivity index (χ0v) is 10.6. The molecule has 0 fully saturated rings. The Kier molecular flexibility index (Phi) is 7.13. The third-order valence-corrected chi connectivity index (χ3v) is 5.65. The first-order valence-corrected chi connectivity index (χ1v) is 7.14. The number of hydrogen-bond donors (Lipinski definition) is 0. The van der Waals surface area contributed by atoms with E-state index in [-0.39, 0.29) is 24.6 Å². The van der Waals surface area contributed by atoms with E-state index in [9.17, 15) is 8.42 Å². The summed E-state index contributed by atoms with van der Waals surface area (Å²) in [5, 5.41) is 0. The molecule has 2 unspecified atom stereocenters. The summed E-state index contributed by atoms with van der Waals surface area (Å²) < 4.78 is 20.8. The largest absolute Gasteiger partial charge is 0.226 e. The Balaban J connectivity index is 4.37. The van der Waals surface area contributed by atoms with Crippen molar-refractivity contribution in [2.75, 3.05) is 11.8 Å². The maximum absolute atomic E-state index is 11.4. The lowest BCUT2D eigenvalue weighted by atomic mass is 10.6. The Labute approximate surface area is 98.4 Å². The molecule has 0 aromatic carbocycles. The quantitative estimate of drug-likeness (QED) is 0.704. The van der Waals surface area contributed by atoms with Gasteiger partial charge in [-0.15, -0.1) is 46.4 Å². The number of hydrogen-bond acceptors (Lipinski definition) is 2. The molecule has 0 saturated heterocycles. The molecule has 0 saturated carbocycles. The molecule has 80 valence electrons. The molecule has 0 N–H and O–H groups in total. The number of alkyl halides is 4. The van der Waals surface area contributed by atoms with E-state index in [0.29, 0.717) is 0 Å². The average molecular weight is 288 g/mol. The van der Waals surface area contributed by atoms with Gasteiger partial charge in [0.05, 0.1) is 0 Å². The summed E-state index contributed by atoms with van der Waals surface area (Å²) >= 11 is 21.9. The Hall–Kier alpha value is 1.11. The lowest BCUT2D eigenvalue weighted by molar-refractivity contribution is 0.586. The van der Waals surface area contributed by atoms with Crippen LogP contribution in [0.5, 0.6) is 0 Å². The second-order valence-electron chi connectivity index (χ2n) is 2.36. The minimum Gasteiger partial charge on any atom is -0.226 e. The molecule has 0 aromatic heterocycles. The van der Waals surface area contributed by atoms with Crippen LogP contribution in [0.4, 0.5) is 0 Å². The van der Waals surface area contributed by atoms with Gasteiger partial charge < -0.3 is 0 Å². The molecule has 0 aromatic rings. The highest BCUT2D eigenvalue weighted by molar-refractivity contribution is 7.95. The Morgan fingerprint density at radius 1 is 0.923 bits per heavy atom. The summed E-state index contributed by atoms with van der Waals surface area (Å²) in [6.45, 7) is 0. The first-order chi connectivity index (χ1) is 5.96. The van der Waals surface area contributed by atoms with Crippen LogP contribution in [-0.4, -0.2) is 29.6 Å². The van der Waals surface area contributed by atoms with Gasteiger partial charge in [0.15, 0.2) is 9.84 Å². The molecule has 0 rings (SSSR count). The normalized spacial score (nSPS) is 16.9. The van der Waals surface area contributed by atoms with E-state index in [2.05, 4.69) is 0 Å². The van der Waals surface area contributed by atoms with Crippen LogP contribution in [0.25, 0.3) is 0 Å². The first kappa shape index (κ1) is 14.1. The predicted molar refractivity (Wildman–Crippen MR) is 58.9 cm³/mol. The molecule has 0 aliphatic heterocycles. The lowest BCUT2D eigenvalue weighted by Gasteiger charge is -2.13. The van der Waals surface area contributed by atoms with Gasteiger partial charge in [-0.05, 0) is 12.8 Å². The smallest absolute Gasteiger partial charge is 0.183 e. The molecule has 0 heterocycles. The highest BCUT2D eigenvalue weighted by atomic mass is 35.5. The highest BCUT2D eigenvalue weighted by Gasteiger charge is 2.30. The molecule has 0 aliphatic rings. The van der Waals surface area contributed by atoms with Gasteiger partial charge in [-0.2, -0.15) is 0 Å². The van der Waals surface area contributed by atoms with Crippen molar-refractivity contribution in [3.05, 3.63) is 0 Å². The molecule has 2 atom stereocenters. The zero-order valence-electron chi connectivity index (χ0n) is 6.72. The second kappa shape index (κ2) is 6.57. The van der Waals surface area contributed by atoms with E-state index in [1.165, 1.54) is 0 Å². The first-order valence-electron chi connectivity index (χ1n) is 3.59. The van der Waals surface area contributed by atoms with E-state index in [1.54, 1.807) is 0 Å². The van der Waals surface area contributed by atoms with Gasteiger partial charge in [0.2, 0.25) is 0 Å². The summed E-state index contributed by atoms with van der Waals surface area (Å²) in [5.41, 5.74) is 0. The van der Waals surface area contributed by atoms with Crippen LogP contribution in [0.1, 0.15) is 12.8 Å². The molecule has 13 heavy (non-hydrogen) atoms. The van der Waals surface area contributed by atoms with Gasteiger partial charge in [0.1, 0.15) is 9.42 Å². The molecule has 7 heteroatoms. The van der Waals surface area contributed by atoms with Crippen LogP contribution >= 0.6 is 46.4 Å². The van der Waals surface area contributed by atoms with Crippen molar-refractivity contribution in [3.8, 4) is 0 Å². The van der Waals surface area contributed by atoms with E-state index >= 15 is 0 Å². The number of rotatable bonds is 6. The molecule has 2 nitrogen and oxygen atoms in total. The minimum atomic E-state index is -3.50. The van der Waals surface area contributed by atoms with Crippen molar-refractivity contribution in [3.63, 3.8) is 0 Å². The van der Waals surface area contributed by atoms with E-state index in [0.717, 1.165) is 0 Å². The van der Waals surface area contributed by atoms with E-state index in [4.69, 9.17) is 46.4 Å². The van der Waals surface area contributed by atoms with E-state index < -0.39 is 19.3 Å². The maximum Gasteiger partial charge on any atom is 0.183 e. The van der Waals surface area contributed by atoms with Gasteiger partial charge in [-0.25, -0.2) is 8.42 Å². The third kappa shape index (κ3) is 4.43. The third-order valence-electron chi connectivity index (χ3n) is 1.39. The van der Waals surface area contributed by atoms with E-state index in [1.807, 2.05) is 0 Å². The molecule has 0 amide bonds. The van der Waals surface area contributed by atoms with Crippen molar-refractivity contribution in [1.29, 1.82) is 0 Å². The monoisotopic (exact) mass is 286 g/mol.